The van der Waals surface area contributed by atoms with E-state index in [9.17, 15) is 13.2 Å². The lowest BCUT2D eigenvalue weighted by molar-refractivity contribution is 0.102. The summed E-state index contributed by atoms with van der Waals surface area (Å²) in [6.07, 6.45) is -1.11. The molecule has 9 heteroatoms. The zero-order chi connectivity index (χ0) is 14.9. The highest BCUT2D eigenvalue weighted by Crippen LogP contribution is 2.42. The number of carbonyl (C=O) groups excluding carboxylic acids is 1. The first-order valence-electron chi connectivity index (χ1n) is 5.73. The summed E-state index contributed by atoms with van der Waals surface area (Å²) in [5.74, 6) is 0.386. The van der Waals surface area contributed by atoms with Crippen LogP contribution in [-0.2, 0) is 10.0 Å². The fraction of sp³-hybridized carbons (Fsp3) is 0.0833. The van der Waals surface area contributed by atoms with E-state index in [-0.39, 0.29) is 28.3 Å². The standard InChI is InChI=1S/C12H9NO6S2/c14-12(19-8-4-2-1-3-5-8)13-21(15,16)10-9-6-20-11(10)18-7-17-9/h1-6H,7H2,(H,13,14). The second-order valence-electron chi connectivity index (χ2n) is 3.93. The number of sulfonamides is 1. The van der Waals surface area contributed by atoms with Crippen molar-refractivity contribution in [2.24, 2.45) is 0 Å². The molecule has 7 nitrogen and oxygen atoms in total. The van der Waals surface area contributed by atoms with Crippen LogP contribution in [0.4, 0.5) is 4.79 Å². The second-order valence-corrected chi connectivity index (χ2v) is 6.39. The number of para-hydroxylation sites is 1. The Labute approximate surface area is 124 Å². The number of benzene rings is 1. The van der Waals surface area contributed by atoms with Gasteiger partial charge in [-0.3, -0.25) is 0 Å². The number of hydrogen-bond acceptors (Lipinski definition) is 7. The maximum absolute atomic E-state index is 12.2. The molecule has 1 amide bonds. The normalized spacial score (nSPS) is 13.0. The topological polar surface area (TPSA) is 90.9 Å². The van der Waals surface area contributed by atoms with Gasteiger partial charge in [0.15, 0.2) is 10.6 Å². The van der Waals surface area contributed by atoms with Crippen LogP contribution in [0.5, 0.6) is 16.6 Å². The number of amides is 1. The van der Waals surface area contributed by atoms with Gasteiger partial charge in [0.2, 0.25) is 11.9 Å². The average molecular weight is 327 g/mol. The largest absolute Gasteiger partial charge is 0.455 e. The molecule has 3 rings (SSSR count). The van der Waals surface area contributed by atoms with Crippen molar-refractivity contribution in [3.05, 3.63) is 35.7 Å². The Morgan fingerprint density at radius 2 is 2.00 bits per heavy atom. The van der Waals surface area contributed by atoms with Gasteiger partial charge in [-0.05, 0) is 12.1 Å². The smallest absolute Gasteiger partial charge is 0.426 e. The molecule has 0 fully saturated rings. The fourth-order valence-corrected chi connectivity index (χ4v) is 3.98. The van der Waals surface area contributed by atoms with E-state index in [2.05, 4.69) is 0 Å². The van der Waals surface area contributed by atoms with E-state index in [0.717, 1.165) is 11.3 Å². The third kappa shape index (κ3) is 2.78. The van der Waals surface area contributed by atoms with Gasteiger partial charge >= 0.3 is 6.09 Å². The zero-order valence-electron chi connectivity index (χ0n) is 10.4. The van der Waals surface area contributed by atoms with Crippen molar-refractivity contribution >= 4 is 27.5 Å². The molecule has 2 heterocycles. The number of hydrogen-bond donors (Lipinski definition) is 1. The van der Waals surface area contributed by atoms with E-state index in [1.807, 2.05) is 4.72 Å². The lowest BCUT2D eigenvalue weighted by Crippen LogP contribution is -2.34. The molecule has 2 bridgehead atoms. The first kappa shape index (κ1) is 13.7. The molecule has 1 aliphatic heterocycles. The number of thiophene rings is 1. The first-order valence-corrected chi connectivity index (χ1v) is 8.09. The number of rotatable bonds is 3. The van der Waals surface area contributed by atoms with Crippen LogP contribution in [0.3, 0.4) is 0 Å². The molecule has 2 aromatic rings. The van der Waals surface area contributed by atoms with E-state index in [0.29, 0.717) is 0 Å². The molecule has 1 aromatic carbocycles. The maximum atomic E-state index is 12.2. The van der Waals surface area contributed by atoms with Crippen LogP contribution >= 0.6 is 11.3 Å². The van der Waals surface area contributed by atoms with Gasteiger partial charge in [-0.25, -0.2) is 17.9 Å². The molecule has 1 N–H and O–H groups in total. The molecule has 21 heavy (non-hydrogen) atoms. The van der Waals surface area contributed by atoms with Crippen molar-refractivity contribution in [3.8, 4) is 16.6 Å². The van der Waals surface area contributed by atoms with Crippen LogP contribution in [-0.4, -0.2) is 21.3 Å². The van der Waals surface area contributed by atoms with Crippen molar-refractivity contribution in [2.75, 3.05) is 6.79 Å². The molecule has 1 aliphatic rings. The molecule has 0 atom stereocenters. The number of fused-ring (bicyclic) bond motifs is 2. The van der Waals surface area contributed by atoms with E-state index < -0.39 is 16.1 Å². The van der Waals surface area contributed by atoms with Crippen LogP contribution in [0.15, 0.2) is 40.6 Å². The first-order chi connectivity index (χ1) is 10.1. The summed E-state index contributed by atoms with van der Waals surface area (Å²) in [7, 11) is -4.12. The fourth-order valence-electron chi connectivity index (χ4n) is 1.68. The van der Waals surface area contributed by atoms with E-state index in [1.165, 1.54) is 17.5 Å². The maximum Gasteiger partial charge on any atom is 0.426 e. The second kappa shape index (κ2) is 5.26. The van der Waals surface area contributed by atoms with Crippen LogP contribution in [0.1, 0.15) is 0 Å². The molecule has 0 saturated carbocycles. The van der Waals surface area contributed by atoms with Crippen LogP contribution in [0.25, 0.3) is 0 Å². The SMILES string of the molecule is O=C(NS(=O)(=O)c1c2csc1OCO2)Oc1ccccc1. The molecular formula is C12H9NO6S2. The van der Waals surface area contributed by atoms with Crippen molar-refractivity contribution in [3.63, 3.8) is 0 Å². The summed E-state index contributed by atoms with van der Waals surface area (Å²) in [6.45, 7) is -0.0539. The number of ether oxygens (including phenoxy) is 3. The van der Waals surface area contributed by atoms with Gasteiger partial charge in [0.25, 0.3) is 10.0 Å². The molecule has 0 aliphatic carbocycles. The van der Waals surface area contributed by atoms with Gasteiger partial charge in [0, 0.05) is 5.38 Å². The highest BCUT2D eigenvalue weighted by molar-refractivity contribution is 7.90. The Morgan fingerprint density at radius 1 is 1.24 bits per heavy atom. The molecule has 0 radical (unpaired) electrons. The van der Waals surface area contributed by atoms with Gasteiger partial charge in [-0.2, -0.15) is 0 Å². The third-order valence-electron chi connectivity index (χ3n) is 2.53. The van der Waals surface area contributed by atoms with E-state index >= 15 is 0 Å². The molecular weight excluding hydrogens is 318 g/mol. The minimum atomic E-state index is -4.12. The Bertz CT molecular complexity index is 747. The Morgan fingerprint density at radius 3 is 2.71 bits per heavy atom. The van der Waals surface area contributed by atoms with Gasteiger partial charge < -0.3 is 14.2 Å². The van der Waals surface area contributed by atoms with Crippen molar-refractivity contribution in [1.82, 2.24) is 4.72 Å². The molecule has 0 unspecified atom stereocenters. The number of carbonyl (C=O) groups is 1. The Hall–Kier alpha value is -2.26. The summed E-state index contributed by atoms with van der Waals surface area (Å²) >= 11 is 1.08. The summed E-state index contributed by atoms with van der Waals surface area (Å²) in [5.41, 5.74) is 0. The zero-order valence-corrected chi connectivity index (χ0v) is 12.1. The lowest BCUT2D eigenvalue weighted by atomic mass is 10.3. The van der Waals surface area contributed by atoms with Crippen LogP contribution < -0.4 is 18.9 Å². The Kier molecular flexibility index (Phi) is 3.43. The summed E-state index contributed by atoms with van der Waals surface area (Å²) in [4.78, 5) is 11.5. The molecule has 0 saturated heterocycles. The lowest BCUT2D eigenvalue weighted by Gasteiger charge is -2.15. The quantitative estimate of drug-likeness (QED) is 0.926. The van der Waals surface area contributed by atoms with Gasteiger partial charge in [-0.15, -0.1) is 11.3 Å². The molecule has 1 aromatic heterocycles. The van der Waals surface area contributed by atoms with E-state index in [4.69, 9.17) is 14.2 Å². The van der Waals surface area contributed by atoms with E-state index in [1.54, 1.807) is 18.2 Å². The van der Waals surface area contributed by atoms with Crippen molar-refractivity contribution < 1.29 is 27.4 Å². The van der Waals surface area contributed by atoms with Gasteiger partial charge in [0.05, 0.1) is 0 Å². The van der Waals surface area contributed by atoms with Gasteiger partial charge in [-0.1, -0.05) is 18.2 Å². The van der Waals surface area contributed by atoms with Crippen molar-refractivity contribution in [1.29, 1.82) is 0 Å². The summed E-state index contributed by atoms with van der Waals surface area (Å²) in [6, 6.07) is 8.12. The Balaban J connectivity index is 1.78. The third-order valence-corrected chi connectivity index (χ3v) is 4.88. The summed E-state index contributed by atoms with van der Waals surface area (Å²) < 4.78 is 41.1. The monoisotopic (exact) mass is 327 g/mol. The van der Waals surface area contributed by atoms with Crippen molar-refractivity contribution in [2.45, 2.75) is 4.90 Å². The average Bonchev–Trinajstić information content (AvgIpc) is 2.71. The molecule has 0 spiro atoms. The highest BCUT2D eigenvalue weighted by atomic mass is 32.2. The van der Waals surface area contributed by atoms with Crippen LogP contribution in [0.2, 0.25) is 0 Å². The minimum absolute atomic E-state index is 0.0539. The van der Waals surface area contributed by atoms with Gasteiger partial charge in [0.1, 0.15) is 5.75 Å². The minimum Gasteiger partial charge on any atom is -0.455 e. The highest BCUT2D eigenvalue weighted by Gasteiger charge is 2.32. The van der Waals surface area contributed by atoms with Crippen LogP contribution in [0, 0.1) is 0 Å². The molecule has 110 valence electrons. The predicted octanol–water partition coefficient (Wildman–Crippen LogP) is 1.95. The number of nitrogens with one attached hydrogen (secondary N) is 1. The summed E-state index contributed by atoms with van der Waals surface area (Å²) in [5, 5.41) is 1.68. The predicted molar refractivity (Wildman–Crippen MR) is 73.2 cm³/mol.